The Morgan fingerprint density at radius 2 is 2.11 bits per heavy atom. The van der Waals surface area contributed by atoms with Crippen LogP contribution in [0.2, 0.25) is 5.02 Å². The molecule has 0 aromatic carbocycles. The molecule has 0 aliphatic carbocycles. The maximum absolute atomic E-state index is 9.98. The van der Waals surface area contributed by atoms with E-state index >= 15 is 0 Å². The van der Waals surface area contributed by atoms with Gasteiger partial charge in [0, 0.05) is 41.2 Å². The van der Waals surface area contributed by atoms with Crippen LogP contribution in [0, 0.1) is 12.3 Å². The van der Waals surface area contributed by atoms with Gasteiger partial charge in [-0.2, -0.15) is 0 Å². The number of aliphatic hydroxyl groups is 1. The molecule has 4 rings (SSSR count). The average molecular weight is 421 g/mol. The Morgan fingerprint density at radius 3 is 2.79 bits per heavy atom. The van der Waals surface area contributed by atoms with Gasteiger partial charge in [0.25, 0.3) is 0 Å². The lowest BCUT2D eigenvalue weighted by Gasteiger charge is -2.39. The molecule has 8 heteroatoms. The van der Waals surface area contributed by atoms with Crippen molar-refractivity contribution in [1.29, 1.82) is 0 Å². The molecule has 3 N–H and O–H groups in total. The first kappa shape index (κ1) is 19.8. The molecule has 2 aromatic rings. The van der Waals surface area contributed by atoms with Gasteiger partial charge < -0.3 is 20.5 Å². The average Bonchev–Trinajstić information content (AvgIpc) is 3.15. The molecule has 2 fully saturated rings. The summed E-state index contributed by atoms with van der Waals surface area (Å²) in [6.07, 6.45) is 5.03. The van der Waals surface area contributed by atoms with Gasteiger partial charge in [0.1, 0.15) is 11.6 Å². The van der Waals surface area contributed by atoms with Crippen LogP contribution in [0.25, 0.3) is 0 Å². The summed E-state index contributed by atoms with van der Waals surface area (Å²) < 4.78 is 5.63. The number of nitrogens with zero attached hydrogens (tertiary/aromatic N) is 3. The number of aryl methyl sites for hydroxylation is 1. The van der Waals surface area contributed by atoms with E-state index in [1.54, 1.807) is 6.20 Å². The molecular formula is C20H25ClN4O2S. The summed E-state index contributed by atoms with van der Waals surface area (Å²) in [7, 11) is 0. The van der Waals surface area contributed by atoms with Crippen LogP contribution >= 0.6 is 23.4 Å². The number of pyridine rings is 2. The predicted octanol–water partition coefficient (Wildman–Crippen LogP) is 3.67. The number of halogens is 1. The third-order valence-electron chi connectivity index (χ3n) is 5.80. The van der Waals surface area contributed by atoms with Crippen LogP contribution in [-0.4, -0.2) is 41.4 Å². The maximum atomic E-state index is 9.98. The number of ether oxygens (including phenoxy) is 1. The molecule has 0 amide bonds. The lowest BCUT2D eigenvalue weighted by atomic mass is 9.78. The molecule has 0 saturated carbocycles. The van der Waals surface area contributed by atoms with E-state index in [9.17, 15) is 5.11 Å². The molecule has 0 unspecified atom stereocenters. The van der Waals surface area contributed by atoms with Crippen LogP contribution in [0.15, 0.2) is 28.1 Å². The standard InChI is InChI=1S/C20H25ClN4O2S/c1-13-16(28-15-2-6-23-18(22)17(15)21)10-14(11-26)19(24-13)25-7-3-20(4-8-25)5-9-27-12-20/h2,6,10,26H,3-5,7-9,11-12H2,1H3,(H2,22,23). The van der Waals surface area contributed by atoms with Gasteiger partial charge >= 0.3 is 0 Å². The minimum atomic E-state index is -0.0485. The number of hydrogen-bond donors (Lipinski definition) is 2. The van der Waals surface area contributed by atoms with Crippen molar-refractivity contribution in [1.82, 2.24) is 9.97 Å². The van der Waals surface area contributed by atoms with Crippen LogP contribution in [0.5, 0.6) is 0 Å². The molecule has 0 atom stereocenters. The van der Waals surface area contributed by atoms with E-state index in [2.05, 4.69) is 9.88 Å². The summed E-state index contributed by atoms with van der Waals surface area (Å²) in [5, 5.41) is 10.4. The molecule has 2 aliphatic rings. The van der Waals surface area contributed by atoms with Crippen molar-refractivity contribution in [2.75, 3.05) is 36.9 Å². The van der Waals surface area contributed by atoms with Crippen LogP contribution in [0.4, 0.5) is 11.6 Å². The zero-order chi connectivity index (χ0) is 19.7. The summed E-state index contributed by atoms with van der Waals surface area (Å²) in [6, 6.07) is 3.85. The zero-order valence-electron chi connectivity index (χ0n) is 15.9. The van der Waals surface area contributed by atoms with Crippen molar-refractivity contribution in [3.05, 3.63) is 34.6 Å². The van der Waals surface area contributed by atoms with Crippen LogP contribution in [0.3, 0.4) is 0 Å². The third-order valence-corrected chi connectivity index (χ3v) is 7.50. The highest BCUT2D eigenvalue weighted by Crippen LogP contribution is 2.42. The summed E-state index contributed by atoms with van der Waals surface area (Å²) in [5.41, 5.74) is 7.91. The first-order valence-electron chi connectivity index (χ1n) is 9.53. The van der Waals surface area contributed by atoms with Crippen LogP contribution in [0.1, 0.15) is 30.5 Å². The van der Waals surface area contributed by atoms with Gasteiger partial charge in [0.2, 0.25) is 0 Å². The van der Waals surface area contributed by atoms with Crippen molar-refractivity contribution in [3.63, 3.8) is 0 Å². The van der Waals surface area contributed by atoms with Gasteiger partial charge in [-0.3, -0.25) is 0 Å². The van der Waals surface area contributed by atoms with E-state index in [1.165, 1.54) is 11.8 Å². The molecular weight excluding hydrogens is 396 g/mol. The Balaban J connectivity index is 1.57. The maximum Gasteiger partial charge on any atom is 0.143 e. The SMILES string of the molecule is Cc1nc(N2CCC3(CCOC3)CC2)c(CO)cc1Sc1ccnc(N)c1Cl. The molecule has 4 heterocycles. The minimum absolute atomic E-state index is 0.0485. The van der Waals surface area contributed by atoms with Crippen molar-refractivity contribution in [3.8, 4) is 0 Å². The first-order chi connectivity index (χ1) is 13.5. The number of anilines is 2. The van der Waals surface area contributed by atoms with Gasteiger partial charge in [-0.1, -0.05) is 23.4 Å². The van der Waals surface area contributed by atoms with E-state index in [0.717, 1.165) is 72.4 Å². The van der Waals surface area contributed by atoms with E-state index in [-0.39, 0.29) is 6.61 Å². The molecule has 28 heavy (non-hydrogen) atoms. The Kier molecular flexibility index (Phi) is 5.69. The second kappa shape index (κ2) is 8.06. The largest absolute Gasteiger partial charge is 0.392 e. The number of aliphatic hydroxyl groups excluding tert-OH is 1. The molecule has 2 saturated heterocycles. The Hall–Kier alpha value is -1.54. The molecule has 150 valence electrons. The number of nitrogen functional groups attached to an aromatic ring is 1. The van der Waals surface area contributed by atoms with Crippen LogP contribution in [-0.2, 0) is 11.3 Å². The van der Waals surface area contributed by atoms with Gasteiger partial charge in [0.05, 0.1) is 23.9 Å². The molecule has 0 radical (unpaired) electrons. The van der Waals surface area contributed by atoms with E-state index < -0.39 is 0 Å². The predicted molar refractivity (Wildman–Crippen MR) is 112 cm³/mol. The Labute approximate surface area is 174 Å². The highest BCUT2D eigenvalue weighted by atomic mass is 35.5. The Bertz CT molecular complexity index is 864. The number of piperidine rings is 1. The fourth-order valence-electron chi connectivity index (χ4n) is 3.98. The summed E-state index contributed by atoms with van der Waals surface area (Å²) in [4.78, 5) is 12.9. The van der Waals surface area contributed by atoms with E-state index in [4.69, 9.17) is 27.1 Å². The number of nitrogens with two attached hydrogens (primary N) is 1. The number of aromatic nitrogens is 2. The summed E-state index contributed by atoms with van der Waals surface area (Å²) in [5.74, 6) is 1.20. The third kappa shape index (κ3) is 3.81. The van der Waals surface area contributed by atoms with Crippen LogP contribution < -0.4 is 10.6 Å². The smallest absolute Gasteiger partial charge is 0.143 e. The van der Waals surface area contributed by atoms with Crippen molar-refractivity contribution in [2.24, 2.45) is 5.41 Å². The molecule has 0 bridgehead atoms. The van der Waals surface area contributed by atoms with Gasteiger partial charge in [0.15, 0.2) is 0 Å². The number of hydrogen-bond acceptors (Lipinski definition) is 7. The monoisotopic (exact) mass is 420 g/mol. The normalized spacial score (nSPS) is 18.8. The van der Waals surface area contributed by atoms with Gasteiger partial charge in [-0.25, -0.2) is 9.97 Å². The second-order valence-electron chi connectivity index (χ2n) is 7.61. The lowest BCUT2D eigenvalue weighted by molar-refractivity contribution is 0.133. The Morgan fingerprint density at radius 1 is 1.32 bits per heavy atom. The highest BCUT2D eigenvalue weighted by Gasteiger charge is 2.38. The fraction of sp³-hybridized carbons (Fsp3) is 0.500. The topological polar surface area (TPSA) is 84.5 Å². The second-order valence-corrected chi connectivity index (χ2v) is 9.07. The minimum Gasteiger partial charge on any atom is -0.392 e. The van der Waals surface area contributed by atoms with Gasteiger partial charge in [-0.15, -0.1) is 0 Å². The van der Waals surface area contributed by atoms with E-state index in [0.29, 0.717) is 16.3 Å². The highest BCUT2D eigenvalue weighted by molar-refractivity contribution is 7.99. The molecule has 6 nitrogen and oxygen atoms in total. The first-order valence-corrected chi connectivity index (χ1v) is 10.7. The zero-order valence-corrected chi connectivity index (χ0v) is 17.5. The molecule has 1 spiro atoms. The van der Waals surface area contributed by atoms with Crippen molar-refractivity contribution < 1.29 is 9.84 Å². The van der Waals surface area contributed by atoms with E-state index in [1.807, 2.05) is 19.1 Å². The fourth-order valence-corrected chi connectivity index (χ4v) is 5.16. The molecule has 2 aliphatic heterocycles. The summed E-state index contributed by atoms with van der Waals surface area (Å²) in [6.45, 7) is 5.59. The van der Waals surface area contributed by atoms with Crippen molar-refractivity contribution in [2.45, 2.75) is 42.6 Å². The molecule has 2 aromatic heterocycles. The quantitative estimate of drug-likeness (QED) is 0.780. The van der Waals surface area contributed by atoms with Crippen molar-refractivity contribution >= 4 is 35.0 Å². The summed E-state index contributed by atoms with van der Waals surface area (Å²) >= 11 is 7.78. The lowest BCUT2D eigenvalue weighted by Crippen LogP contribution is -2.41. The number of rotatable bonds is 4. The van der Waals surface area contributed by atoms with Gasteiger partial charge in [-0.05, 0) is 43.7 Å².